The summed E-state index contributed by atoms with van der Waals surface area (Å²) in [6.45, 7) is 1.70. The fourth-order valence-electron chi connectivity index (χ4n) is 0.819. The van der Waals surface area contributed by atoms with Gasteiger partial charge in [0.05, 0.1) is 11.9 Å². The Balaban J connectivity index is 0.00000144. The molecule has 1 aromatic rings. The van der Waals surface area contributed by atoms with Crippen LogP contribution in [0.3, 0.4) is 0 Å². The molecule has 1 heterocycles. The minimum Gasteiger partial charge on any atom is -0.506 e. The number of hydrogen-bond donors (Lipinski definition) is 2. The molecule has 0 amide bonds. The molecule has 0 atom stereocenters. The van der Waals surface area contributed by atoms with Gasteiger partial charge in [-0.3, -0.25) is 4.98 Å². The van der Waals surface area contributed by atoms with Gasteiger partial charge in [-0.05, 0) is 19.1 Å². The van der Waals surface area contributed by atoms with Crippen LogP contribution in [0.15, 0.2) is 23.5 Å². The predicted octanol–water partition coefficient (Wildman–Crippen LogP) is 1.60. The van der Waals surface area contributed by atoms with Crippen LogP contribution in [-0.4, -0.2) is 21.0 Å². The first-order valence-electron chi connectivity index (χ1n) is 3.54. The third kappa shape index (κ3) is 3.75. The molecule has 0 bridgehead atoms. The number of nitrogens with zero attached hydrogens (tertiary/aromatic N) is 2. The van der Waals surface area contributed by atoms with E-state index in [9.17, 15) is 0 Å². The van der Waals surface area contributed by atoms with Gasteiger partial charge in [0, 0.05) is 12.1 Å². The molecule has 0 aliphatic rings. The van der Waals surface area contributed by atoms with Gasteiger partial charge in [-0.25, -0.2) is 0 Å². The van der Waals surface area contributed by atoms with Crippen molar-refractivity contribution >= 4 is 18.1 Å². The van der Waals surface area contributed by atoms with Gasteiger partial charge in [0.2, 0.25) is 0 Å². The third-order valence-electron chi connectivity index (χ3n) is 1.42. The minimum atomic E-state index is 0. The standard InChI is InChI=1S/C8H10N2O2.ClH/c1-6(10-12)4-7-2-3-8(11)5-9-7;/h2-3,5,11-12H,4H2,1H3;1H/b10-6+;. The van der Waals surface area contributed by atoms with Crippen LogP contribution in [0.5, 0.6) is 5.75 Å². The van der Waals surface area contributed by atoms with E-state index in [-0.39, 0.29) is 18.2 Å². The van der Waals surface area contributed by atoms with E-state index in [0.29, 0.717) is 12.1 Å². The Morgan fingerprint density at radius 3 is 2.69 bits per heavy atom. The number of aromatic hydroxyl groups is 1. The Morgan fingerprint density at radius 1 is 1.54 bits per heavy atom. The van der Waals surface area contributed by atoms with E-state index in [0.717, 1.165) is 5.69 Å². The van der Waals surface area contributed by atoms with Gasteiger partial charge >= 0.3 is 0 Å². The first-order chi connectivity index (χ1) is 5.72. The molecule has 0 radical (unpaired) electrons. The minimum absolute atomic E-state index is 0. The van der Waals surface area contributed by atoms with Crippen molar-refractivity contribution < 1.29 is 10.3 Å². The molecule has 1 aromatic heterocycles. The summed E-state index contributed by atoms with van der Waals surface area (Å²) in [7, 11) is 0. The van der Waals surface area contributed by atoms with Crippen LogP contribution in [0.1, 0.15) is 12.6 Å². The van der Waals surface area contributed by atoms with E-state index in [1.54, 1.807) is 19.1 Å². The zero-order chi connectivity index (χ0) is 8.97. The van der Waals surface area contributed by atoms with Crippen LogP contribution in [-0.2, 0) is 6.42 Å². The lowest BCUT2D eigenvalue weighted by Crippen LogP contribution is -1.99. The lowest BCUT2D eigenvalue weighted by molar-refractivity contribution is 0.317. The van der Waals surface area contributed by atoms with Gasteiger partial charge in [-0.15, -0.1) is 12.4 Å². The maximum atomic E-state index is 8.91. The SMILES string of the molecule is C/C(Cc1ccc(O)cn1)=N\O.Cl. The summed E-state index contributed by atoms with van der Waals surface area (Å²) in [4.78, 5) is 3.92. The zero-order valence-corrected chi connectivity index (χ0v) is 7.95. The maximum Gasteiger partial charge on any atom is 0.133 e. The number of oxime groups is 1. The number of hydrogen-bond acceptors (Lipinski definition) is 4. The van der Waals surface area contributed by atoms with Gasteiger partial charge in [0.1, 0.15) is 5.75 Å². The predicted molar refractivity (Wildman–Crippen MR) is 51.7 cm³/mol. The number of aromatic nitrogens is 1. The highest BCUT2D eigenvalue weighted by Gasteiger charge is 1.97. The van der Waals surface area contributed by atoms with E-state index < -0.39 is 0 Å². The van der Waals surface area contributed by atoms with Crippen LogP contribution in [0, 0.1) is 0 Å². The monoisotopic (exact) mass is 202 g/mol. The molecule has 1 rings (SSSR count). The molecule has 0 fully saturated rings. The molecule has 4 nitrogen and oxygen atoms in total. The van der Waals surface area contributed by atoms with Crippen molar-refractivity contribution in [2.75, 3.05) is 0 Å². The van der Waals surface area contributed by atoms with Crippen molar-refractivity contribution in [3.8, 4) is 5.75 Å². The molecule has 0 aliphatic carbocycles. The number of rotatable bonds is 2. The van der Waals surface area contributed by atoms with Gasteiger partial charge in [0.15, 0.2) is 0 Å². The largest absolute Gasteiger partial charge is 0.506 e. The van der Waals surface area contributed by atoms with Crippen LogP contribution < -0.4 is 0 Å². The summed E-state index contributed by atoms with van der Waals surface area (Å²) in [6, 6.07) is 3.23. The van der Waals surface area contributed by atoms with Crippen molar-refractivity contribution in [3.63, 3.8) is 0 Å². The van der Waals surface area contributed by atoms with Crippen molar-refractivity contribution in [3.05, 3.63) is 24.0 Å². The highest BCUT2D eigenvalue weighted by Crippen LogP contribution is 2.06. The Bertz CT molecular complexity index is 285. The van der Waals surface area contributed by atoms with Crippen molar-refractivity contribution in [1.82, 2.24) is 4.98 Å². The summed E-state index contributed by atoms with van der Waals surface area (Å²) in [5.74, 6) is 0.136. The molecule has 72 valence electrons. The van der Waals surface area contributed by atoms with E-state index in [4.69, 9.17) is 10.3 Å². The van der Waals surface area contributed by atoms with Gasteiger partial charge < -0.3 is 10.3 Å². The second kappa shape index (κ2) is 5.37. The molecule has 5 heteroatoms. The number of halogens is 1. The molecule has 0 saturated heterocycles. The molecule has 0 unspecified atom stereocenters. The Labute approximate surface area is 82.3 Å². The highest BCUT2D eigenvalue weighted by molar-refractivity contribution is 5.85. The fraction of sp³-hybridized carbons (Fsp3) is 0.250. The Kier molecular flexibility index (Phi) is 4.84. The van der Waals surface area contributed by atoms with Crippen LogP contribution in [0.4, 0.5) is 0 Å². The summed E-state index contributed by atoms with van der Waals surface area (Å²) in [6.07, 6.45) is 1.86. The average molecular weight is 203 g/mol. The highest BCUT2D eigenvalue weighted by atomic mass is 35.5. The quantitative estimate of drug-likeness (QED) is 0.435. The summed E-state index contributed by atoms with van der Waals surface area (Å²) in [5.41, 5.74) is 1.36. The van der Waals surface area contributed by atoms with E-state index in [1.165, 1.54) is 6.20 Å². The van der Waals surface area contributed by atoms with Crippen molar-refractivity contribution in [2.45, 2.75) is 13.3 Å². The lowest BCUT2D eigenvalue weighted by atomic mass is 10.2. The second-order valence-electron chi connectivity index (χ2n) is 2.52. The average Bonchev–Trinajstić information content (AvgIpc) is 2.09. The van der Waals surface area contributed by atoms with Crippen LogP contribution in [0.25, 0.3) is 0 Å². The van der Waals surface area contributed by atoms with E-state index >= 15 is 0 Å². The molecule has 0 aliphatic heterocycles. The number of pyridine rings is 1. The molecule has 0 aromatic carbocycles. The van der Waals surface area contributed by atoms with Gasteiger partial charge in [0.25, 0.3) is 0 Å². The fourth-order valence-corrected chi connectivity index (χ4v) is 0.819. The second-order valence-corrected chi connectivity index (χ2v) is 2.52. The van der Waals surface area contributed by atoms with Gasteiger partial charge in [-0.2, -0.15) is 0 Å². The first-order valence-corrected chi connectivity index (χ1v) is 3.54. The molecule has 0 saturated carbocycles. The summed E-state index contributed by atoms with van der Waals surface area (Å²) < 4.78 is 0. The van der Waals surface area contributed by atoms with Crippen molar-refractivity contribution in [1.29, 1.82) is 0 Å². The zero-order valence-electron chi connectivity index (χ0n) is 7.14. The summed E-state index contributed by atoms with van der Waals surface area (Å²) in [5, 5.41) is 20.3. The Hall–Kier alpha value is -1.29. The van der Waals surface area contributed by atoms with Crippen LogP contribution >= 0.6 is 12.4 Å². The van der Waals surface area contributed by atoms with E-state index in [1.807, 2.05) is 0 Å². The van der Waals surface area contributed by atoms with Gasteiger partial charge in [-0.1, -0.05) is 5.16 Å². The maximum absolute atomic E-state index is 8.91. The lowest BCUT2D eigenvalue weighted by Gasteiger charge is -1.97. The molecular weight excluding hydrogens is 192 g/mol. The molecule has 2 N–H and O–H groups in total. The Morgan fingerprint density at radius 2 is 2.23 bits per heavy atom. The molecular formula is C8H11ClN2O2. The molecule has 0 spiro atoms. The van der Waals surface area contributed by atoms with Crippen molar-refractivity contribution in [2.24, 2.45) is 5.16 Å². The normalized spacial score (nSPS) is 10.7. The molecule has 13 heavy (non-hydrogen) atoms. The topological polar surface area (TPSA) is 65.7 Å². The van der Waals surface area contributed by atoms with Crippen LogP contribution in [0.2, 0.25) is 0 Å². The summed E-state index contributed by atoms with van der Waals surface area (Å²) >= 11 is 0. The smallest absolute Gasteiger partial charge is 0.133 e. The first kappa shape index (κ1) is 11.7. The third-order valence-corrected chi connectivity index (χ3v) is 1.42. The van der Waals surface area contributed by atoms with E-state index in [2.05, 4.69) is 10.1 Å².